The van der Waals surface area contributed by atoms with Crippen LogP contribution < -0.4 is 10.6 Å². The van der Waals surface area contributed by atoms with E-state index in [2.05, 4.69) is 21.7 Å². The van der Waals surface area contributed by atoms with E-state index in [1.807, 2.05) is 26.0 Å². The number of hydrogen-bond acceptors (Lipinski definition) is 7. The van der Waals surface area contributed by atoms with Gasteiger partial charge in [0, 0.05) is 49.8 Å². The molecule has 2 aromatic heterocycles. The molecule has 0 aromatic carbocycles. The smallest absolute Gasteiger partial charge is 0.163 e. The third-order valence-electron chi connectivity index (χ3n) is 7.97. The molecule has 2 aliphatic heterocycles. The first-order chi connectivity index (χ1) is 18.3. The maximum atomic E-state index is 6.60. The van der Waals surface area contributed by atoms with Gasteiger partial charge in [0.15, 0.2) is 5.79 Å². The van der Waals surface area contributed by atoms with E-state index in [9.17, 15) is 0 Å². The van der Waals surface area contributed by atoms with Crippen molar-refractivity contribution in [1.82, 2.24) is 15.3 Å². The second-order valence-electron chi connectivity index (χ2n) is 11.4. The number of hydrogen-bond donors (Lipinski definition) is 2. The number of anilines is 1. The van der Waals surface area contributed by atoms with Gasteiger partial charge in [0.25, 0.3) is 0 Å². The topological polar surface area (TPSA) is 77.5 Å². The Morgan fingerprint density at radius 2 is 1.76 bits per heavy atom. The minimum atomic E-state index is -0.462. The minimum absolute atomic E-state index is 0.135. The predicted molar refractivity (Wildman–Crippen MR) is 152 cm³/mol. The molecule has 1 aliphatic carbocycles. The number of aromatic nitrogens is 2. The van der Waals surface area contributed by atoms with E-state index in [1.54, 1.807) is 6.20 Å². The molecule has 7 nitrogen and oxygen atoms in total. The van der Waals surface area contributed by atoms with Crippen molar-refractivity contribution in [3.05, 3.63) is 40.1 Å². The van der Waals surface area contributed by atoms with Gasteiger partial charge in [-0.25, -0.2) is 4.98 Å². The molecule has 9 heteroatoms. The lowest BCUT2D eigenvalue weighted by atomic mass is 9.83. The molecule has 0 amide bonds. The van der Waals surface area contributed by atoms with Crippen molar-refractivity contribution in [3.8, 4) is 11.3 Å². The maximum absolute atomic E-state index is 6.60. The third-order valence-corrected chi connectivity index (χ3v) is 8.58. The van der Waals surface area contributed by atoms with E-state index in [1.165, 1.54) is 12.8 Å². The summed E-state index contributed by atoms with van der Waals surface area (Å²) >= 11 is 13.2. The molecule has 38 heavy (non-hydrogen) atoms. The molecule has 2 N–H and O–H groups in total. The Bertz CT molecular complexity index is 1070. The zero-order valence-corrected chi connectivity index (χ0v) is 24.0. The SMILES string of the molecule is CC1(C)OC[C@@H](CNC2CCC(Cc3cc(-c4nc(NCC5CCOCC5)ccc4Cl)c(Cl)cn3)CC2)O1. The van der Waals surface area contributed by atoms with Gasteiger partial charge in [-0.3, -0.25) is 4.98 Å². The first-order valence-electron chi connectivity index (χ1n) is 14.0. The molecule has 2 aromatic rings. The van der Waals surface area contributed by atoms with Crippen LogP contribution in [0.25, 0.3) is 11.3 Å². The highest BCUT2D eigenvalue weighted by Gasteiger charge is 2.33. The molecule has 2 saturated heterocycles. The fourth-order valence-electron chi connectivity index (χ4n) is 5.73. The molecule has 4 heterocycles. The number of rotatable bonds is 9. The van der Waals surface area contributed by atoms with Gasteiger partial charge in [0.2, 0.25) is 0 Å². The monoisotopic (exact) mass is 562 g/mol. The van der Waals surface area contributed by atoms with Crippen LogP contribution in [-0.2, 0) is 20.6 Å². The van der Waals surface area contributed by atoms with Crippen LogP contribution in [0.3, 0.4) is 0 Å². The van der Waals surface area contributed by atoms with Gasteiger partial charge < -0.3 is 24.8 Å². The molecule has 1 atom stereocenters. The first-order valence-corrected chi connectivity index (χ1v) is 14.8. The van der Waals surface area contributed by atoms with Crippen molar-refractivity contribution in [2.75, 3.05) is 38.2 Å². The van der Waals surface area contributed by atoms with Crippen molar-refractivity contribution in [3.63, 3.8) is 0 Å². The van der Waals surface area contributed by atoms with Crippen LogP contribution in [0.2, 0.25) is 10.0 Å². The summed E-state index contributed by atoms with van der Waals surface area (Å²) in [6.07, 6.45) is 9.64. The number of halogens is 2. The molecular weight excluding hydrogens is 523 g/mol. The Morgan fingerprint density at radius 1 is 0.974 bits per heavy atom. The lowest BCUT2D eigenvalue weighted by Gasteiger charge is -2.30. The van der Waals surface area contributed by atoms with Crippen molar-refractivity contribution in [2.24, 2.45) is 11.8 Å². The van der Waals surface area contributed by atoms with E-state index in [0.717, 1.165) is 75.5 Å². The number of nitrogens with zero attached hydrogens (tertiary/aromatic N) is 2. The number of nitrogens with one attached hydrogen (secondary N) is 2. The average Bonchev–Trinajstić information content (AvgIpc) is 3.28. The lowest BCUT2D eigenvalue weighted by molar-refractivity contribution is -0.138. The first kappa shape index (κ1) is 28.1. The highest BCUT2D eigenvalue weighted by molar-refractivity contribution is 6.36. The van der Waals surface area contributed by atoms with Crippen LogP contribution in [0.4, 0.5) is 5.82 Å². The molecule has 208 valence electrons. The third kappa shape index (κ3) is 7.58. The lowest BCUT2D eigenvalue weighted by Crippen LogP contribution is -2.39. The summed E-state index contributed by atoms with van der Waals surface area (Å²) < 4.78 is 17.1. The summed E-state index contributed by atoms with van der Waals surface area (Å²) in [5.41, 5.74) is 2.58. The molecule has 0 radical (unpaired) electrons. The Hall–Kier alpha value is -1.48. The quantitative estimate of drug-likeness (QED) is 0.380. The van der Waals surface area contributed by atoms with Gasteiger partial charge in [-0.2, -0.15) is 0 Å². The standard InChI is InChI=1S/C29H40Cl2N4O3/c1-29(2)37-18-23(38-29)16-32-21-5-3-19(4-6-21)13-22-14-24(26(31)17-33-22)28-25(30)7-8-27(35-28)34-15-20-9-11-36-12-10-20/h7-8,14,17,19-21,23,32H,3-6,9-13,15-16,18H2,1-2H3,(H,34,35)/t19?,21?,23-/m1/s1. The zero-order valence-electron chi connectivity index (χ0n) is 22.5. The molecule has 3 fully saturated rings. The highest BCUT2D eigenvalue weighted by Crippen LogP contribution is 2.35. The van der Waals surface area contributed by atoms with Crippen LogP contribution in [0, 0.1) is 11.8 Å². The largest absolute Gasteiger partial charge is 0.381 e. The van der Waals surface area contributed by atoms with Crippen molar-refractivity contribution < 1.29 is 14.2 Å². The van der Waals surface area contributed by atoms with E-state index >= 15 is 0 Å². The molecule has 0 bridgehead atoms. The Kier molecular flexibility index (Phi) is 9.45. The van der Waals surface area contributed by atoms with Crippen molar-refractivity contribution in [2.45, 2.75) is 76.7 Å². The summed E-state index contributed by atoms with van der Waals surface area (Å²) in [5, 5.41) is 8.33. The minimum Gasteiger partial charge on any atom is -0.381 e. The van der Waals surface area contributed by atoms with Crippen LogP contribution in [-0.4, -0.2) is 60.8 Å². The summed E-state index contributed by atoms with van der Waals surface area (Å²) in [4.78, 5) is 9.49. The molecule has 5 rings (SSSR count). The van der Waals surface area contributed by atoms with E-state index in [0.29, 0.717) is 40.2 Å². The van der Waals surface area contributed by atoms with E-state index in [-0.39, 0.29) is 6.10 Å². The summed E-state index contributed by atoms with van der Waals surface area (Å²) in [5.74, 6) is 1.56. The zero-order chi connectivity index (χ0) is 26.5. The molecule has 3 aliphatic rings. The summed E-state index contributed by atoms with van der Waals surface area (Å²) in [6, 6.07) is 6.43. The van der Waals surface area contributed by atoms with Gasteiger partial charge in [0.1, 0.15) is 5.82 Å². The average molecular weight is 564 g/mol. The summed E-state index contributed by atoms with van der Waals surface area (Å²) in [6.45, 7) is 8.00. The van der Waals surface area contributed by atoms with Crippen LogP contribution in [0.15, 0.2) is 24.4 Å². The Labute approximate surface area is 236 Å². The van der Waals surface area contributed by atoms with Gasteiger partial charge in [0.05, 0.1) is 28.5 Å². The molecular formula is C29H40Cl2N4O3. The van der Waals surface area contributed by atoms with Crippen LogP contribution >= 0.6 is 23.2 Å². The van der Waals surface area contributed by atoms with Crippen molar-refractivity contribution >= 4 is 29.0 Å². The predicted octanol–water partition coefficient (Wildman–Crippen LogP) is 6.13. The van der Waals surface area contributed by atoms with E-state index < -0.39 is 5.79 Å². The highest BCUT2D eigenvalue weighted by atomic mass is 35.5. The molecule has 1 saturated carbocycles. The Balaban J connectivity index is 1.15. The number of pyridine rings is 2. The number of ether oxygens (including phenoxy) is 3. The van der Waals surface area contributed by atoms with Gasteiger partial charge >= 0.3 is 0 Å². The van der Waals surface area contributed by atoms with Crippen LogP contribution in [0.1, 0.15) is 58.1 Å². The van der Waals surface area contributed by atoms with Gasteiger partial charge in [-0.15, -0.1) is 0 Å². The maximum Gasteiger partial charge on any atom is 0.163 e. The van der Waals surface area contributed by atoms with Crippen molar-refractivity contribution in [1.29, 1.82) is 0 Å². The summed E-state index contributed by atoms with van der Waals surface area (Å²) in [7, 11) is 0. The van der Waals surface area contributed by atoms with Crippen LogP contribution in [0.5, 0.6) is 0 Å². The molecule has 0 unspecified atom stereocenters. The fourth-order valence-corrected chi connectivity index (χ4v) is 6.13. The van der Waals surface area contributed by atoms with Gasteiger partial charge in [-0.1, -0.05) is 23.2 Å². The second-order valence-corrected chi connectivity index (χ2v) is 12.2. The fraction of sp³-hybridized carbons (Fsp3) is 0.655. The van der Waals surface area contributed by atoms with Gasteiger partial charge in [-0.05, 0) is 88.8 Å². The normalized spacial score (nSPS) is 25.9. The Morgan fingerprint density at radius 3 is 2.50 bits per heavy atom. The molecule has 0 spiro atoms. The second kappa shape index (κ2) is 12.8. The van der Waals surface area contributed by atoms with E-state index in [4.69, 9.17) is 42.4 Å².